The van der Waals surface area contributed by atoms with Crippen LogP contribution in [0.2, 0.25) is 0 Å². The minimum atomic E-state index is -0.731. The molecule has 0 saturated carbocycles. The molecule has 1 amide bonds. The molecule has 0 aromatic carbocycles. The van der Waals surface area contributed by atoms with Crippen molar-refractivity contribution in [2.24, 2.45) is 0 Å². The van der Waals surface area contributed by atoms with Gasteiger partial charge in [0.1, 0.15) is 25.2 Å². The van der Waals surface area contributed by atoms with E-state index in [0.717, 1.165) is 0 Å². The first-order valence-corrected chi connectivity index (χ1v) is 6.11. The Morgan fingerprint density at radius 2 is 2.30 bits per heavy atom. The minimum absolute atomic E-state index is 0.0388. The first-order chi connectivity index (χ1) is 9.66. The van der Waals surface area contributed by atoms with E-state index in [0.29, 0.717) is 12.4 Å². The Hall–Kier alpha value is -2.44. The van der Waals surface area contributed by atoms with Gasteiger partial charge in [-0.05, 0) is 19.1 Å². The predicted octanol–water partition coefficient (Wildman–Crippen LogP) is 0.888. The monoisotopic (exact) mass is 281 g/mol. The molecular formula is C13H15NO6. The van der Waals surface area contributed by atoms with Crippen LogP contribution in [0.1, 0.15) is 18.7 Å². The number of hydrogen-bond acceptors (Lipinski definition) is 6. The summed E-state index contributed by atoms with van der Waals surface area (Å²) in [6.07, 6.45) is 2.69. The fourth-order valence-electron chi connectivity index (χ4n) is 1.57. The van der Waals surface area contributed by atoms with Gasteiger partial charge in [-0.2, -0.15) is 0 Å². The van der Waals surface area contributed by atoms with Gasteiger partial charge in [0.15, 0.2) is 6.61 Å². The largest absolute Gasteiger partial charge is 0.493 e. The summed E-state index contributed by atoms with van der Waals surface area (Å²) in [7, 11) is 0. The molecule has 1 atom stereocenters. The van der Waals surface area contributed by atoms with E-state index in [1.807, 2.05) is 0 Å². The Balaban J connectivity index is 1.75. The summed E-state index contributed by atoms with van der Waals surface area (Å²) < 4.78 is 19.9. The lowest BCUT2D eigenvalue weighted by Crippen LogP contribution is -2.31. The molecular weight excluding hydrogens is 266 g/mol. The Morgan fingerprint density at radius 1 is 1.45 bits per heavy atom. The average molecular weight is 281 g/mol. The Bertz CT molecular complexity index is 493. The number of ether oxygens (including phenoxy) is 3. The van der Waals surface area contributed by atoms with Gasteiger partial charge >= 0.3 is 5.97 Å². The van der Waals surface area contributed by atoms with Crippen LogP contribution in [-0.4, -0.2) is 31.7 Å². The molecule has 0 unspecified atom stereocenters. The Kier molecular flexibility index (Phi) is 4.65. The zero-order valence-corrected chi connectivity index (χ0v) is 11.0. The normalized spacial score (nSPS) is 15.3. The molecule has 7 nitrogen and oxygen atoms in total. The van der Waals surface area contributed by atoms with Gasteiger partial charge in [0.25, 0.3) is 5.91 Å². The SMILES string of the molecule is C[C@@H](NC(=O)COC(=O)C1=COCCO1)c1ccco1. The van der Waals surface area contributed by atoms with E-state index in [1.54, 1.807) is 19.1 Å². The number of furan rings is 1. The van der Waals surface area contributed by atoms with Gasteiger partial charge < -0.3 is 23.9 Å². The standard InChI is InChI=1S/C13H15NO6/c1-9(10-3-2-4-18-10)14-12(15)8-20-13(16)11-7-17-5-6-19-11/h2-4,7,9H,5-6,8H2,1H3,(H,14,15)/t9-/m1/s1. The summed E-state index contributed by atoms with van der Waals surface area (Å²) >= 11 is 0. The highest BCUT2D eigenvalue weighted by molar-refractivity contribution is 5.88. The van der Waals surface area contributed by atoms with Crippen molar-refractivity contribution >= 4 is 11.9 Å². The highest BCUT2D eigenvalue weighted by Crippen LogP contribution is 2.12. The summed E-state index contributed by atoms with van der Waals surface area (Å²) in [4.78, 5) is 23.1. The molecule has 1 aromatic heterocycles. The summed E-state index contributed by atoms with van der Waals surface area (Å²) in [6.45, 7) is 2.03. The number of nitrogens with one attached hydrogen (secondary N) is 1. The second-order valence-electron chi connectivity index (χ2n) is 4.08. The molecule has 108 valence electrons. The van der Waals surface area contributed by atoms with Crippen molar-refractivity contribution in [1.82, 2.24) is 5.32 Å². The van der Waals surface area contributed by atoms with Crippen LogP contribution < -0.4 is 5.32 Å². The number of rotatable bonds is 5. The summed E-state index contributed by atoms with van der Waals surface area (Å²) in [5, 5.41) is 2.64. The van der Waals surface area contributed by atoms with Crippen molar-refractivity contribution in [3.8, 4) is 0 Å². The van der Waals surface area contributed by atoms with Gasteiger partial charge in [-0.3, -0.25) is 4.79 Å². The zero-order valence-electron chi connectivity index (χ0n) is 11.0. The van der Waals surface area contributed by atoms with E-state index in [4.69, 9.17) is 18.6 Å². The molecule has 2 heterocycles. The predicted molar refractivity (Wildman–Crippen MR) is 66.2 cm³/mol. The molecule has 1 aliphatic heterocycles. The number of amides is 1. The van der Waals surface area contributed by atoms with Crippen molar-refractivity contribution in [3.63, 3.8) is 0 Å². The fourth-order valence-corrected chi connectivity index (χ4v) is 1.57. The quantitative estimate of drug-likeness (QED) is 0.806. The van der Waals surface area contributed by atoms with Crippen LogP contribution in [0, 0.1) is 0 Å². The zero-order chi connectivity index (χ0) is 14.4. The van der Waals surface area contributed by atoms with Gasteiger partial charge in [0, 0.05) is 0 Å². The molecule has 2 rings (SSSR count). The number of carbonyl (C=O) groups excluding carboxylic acids is 2. The number of esters is 1. The first kappa shape index (κ1) is 14.0. The van der Waals surface area contributed by atoms with Crippen molar-refractivity contribution in [1.29, 1.82) is 0 Å². The second kappa shape index (κ2) is 6.65. The molecule has 20 heavy (non-hydrogen) atoms. The van der Waals surface area contributed by atoms with Crippen molar-refractivity contribution in [3.05, 3.63) is 36.2 Å². The summed E-state index contributed by atoms with van der Waals surface area (Å²) in [6, 6.07) is 3.17. The van der Waals surface area contributed by atoms with Crippen molar-refractivity contribution in [2.75, 3.05) is 19.8 Å². The van der Waals surface area contributed by atoms with E-state index in [9.17, 15) is 9.59 Å². The van der Waals surface area contributed by atoms with Crippen LogP contribution in [0.15, 0.2) is 34.8 Å². The molecule has 1 aromatic rings. The van der Waals surface area contributed by atoms with Crippen LogP contribution in [0.25, 0.3) is 0 Å². The number of hydrogen-bond donors (Lipinski definition) is 1. The molecule has 0 radical (unpaired) electrons. The average Bonchev–Trinajstić information content (AvgIpc) is 3.00. The molecule has 1 aliphatic rings. The lowest BCUT2D eigenvalue weighted by Gasteiger charge is -2.15. The second-order valence-corrected chi connectivity index (χ2v) is 4.08. The minimum Gasteiger partial charge on any atom is -0.493 e. The topological polar surface area (TPSA) is 87.0 Å². The maximum atomic E-state index is 11.6. The van der Waals surface area contributed by atoms with E-state index in [1.165, 1.54) is 12.5 Å². The lowest BCUT2D eigenvalue weighted by atomic mass is 10.2. The van der Waals surface area contributed by atoms with E-state index >= 15 is 0 Å². The fraction of sp³-hybridized carbons (Fsp3) is 0.385. The van der Waals surface area contributed by atoms with Crippen LogP contribution in [0.3, 0.4) is 0 Å². The third-order valence-corrected chi connectivity index (χ3v) is 2.53. The van der Waals surface area contributed by atoms with E-state index in [-0.39, 0.29) is 18.4 Å². The van der Waals surface area contributed by atoms with Crippen LogP contribution in [0.4, 0.5) is 0 Å². The van der Waals surface area contributed by atoms with Crippen LogP contribution in [0.5, 0.6) is 0 Å². The van der Waals surface area contributed by atoms with Gasteiger partial charge in [-0.25, -0.2) is 4.79 Å². The highest BCUT2D eigenvalue weighted by Gasteiger charge is 2.19. The van der Waals surface area contributed by atoms with E-state index in [2.05, 4.69) is 5.32 Å². The molecule has 0 fully saturated rings. The van der Waals surface area contributed by atoms with Crippen LogP contribution in [-0.2, 0) is 23.8 Å². The molecule has 7 heteroatoms. The number of carbonyl (C=O) groups is 2. The highest BCUT2D eigenvalue weighted by atomic mass is 16.6. The maximum absolute atomic E-state index is 11.6. The third kappa shape index (κ3) is 3.78. The van der Waals surface area contributed by atoms with Gasteiger partial charge in [-0.1, -0.05) is 0 Å². The van der Waals surface area contributed by atoms with Gasteiger partial charge in [0.05, 0.1) is 12.3 Å². The van der Waals surface area contributed by atoms with E-state index < -0.39 is 18.5 Å². The van der Waals surface area contributed by atoms with Crippen molar-refractivity contribution in [2.45, 2.75) is 13.0 Å². The van der Waals surface area contributed by atoms with Gasteiger partial charge in [0.2, 0.25) is 5.76 Å². The Labute approximate surface area is 115 Å². The maximum Gasteiger partial charge on any atom is 0.377 e. The molecule has 0 bridgehead atoms. The third-order valence-electron chi connectivity index (χ3n) is 2.53. The first-order valence-electron chi connectivity index (χ1n) is 6.11. The molecule has 0 aliphatic carbocycles. The molecule has 1 N–H and O–H groups in total. The molecule has 0 spiro atoms. The van der Waals surface area contributed by atoms with Crippen molar-refractivity contribution < 1.29 is 28.2 Å². The molecule has 0 saturated heterocycles. The lowest BCUT2D eigenvalue weighted by molar-refractivity contribution is -0.149. The smallest absolute Gasteiger partial charge is 0.377 e. The Morgan fingerprint density at radius 3 is 2.95 bits per heavy atom. The summed E-state index contributed by atoms with van der Waals surface area (Å²) in [5.41, 5.74) is 0. The van der Waals surface area contributed by atoms with Gasteiger partial charge in [-0.15, -0.1) is 0 Å². The van der Waals surface area contributed by atoms with Crippen LogP contribution >= 0.6 is 0 Å². The summed E-state index contributed by atoms with van der Waals surface area (Å²) in [5.74, 6) is -0.579.